The molecule has 60 heavy (non-hydrogen) atoms. The summed E-state index contributed by atoms with van der Waals surface area (Å²) >= 11 is 0. The van der Waals surface area contributed by atoms with Gasteiger partial charge in [0.2, 0.25) is 0 Å². The average Bonchev–Trinajstić information content (AvgIpc) is 3.34. The molecule has 0 aliphatic rings. The first-order chi connectivity index (χ1) is 29.7. The first-order valence-corrected chi connectivity index (χ1v) is 20.1. The van der Waals surface area contributed by atoms with Crippen molar-refractivity contribution < 1.29 is 0 Å². The van der Waals surface area contributed by atoms with Crippen LogP contribution in [0.5, 0.6) is 0 Å². The smallest absolute Gasteiger partial charge is 0.160 e. The first kappa shape index (κ1) is 35.0. The molecule has 0 bridgehead atoms. The van der Waals surface area contributed by atoms with Crippen molar-refractivity contribution in [2.24, 2.45) is 0 Å². The molecule has 11 aromatic rings. The predicted molar refractivity (Wildman–Crippen MR) is 246 cm³/mol. The summed E-state index contributed by atoms with van der Waals surface area (Å²) in [6.07, 6.45) is 1.85. The molecule has 0 saturated carbocycles. The van der Waals surface area contributed by atoms with Gasteiger partial charge in [-0.15, -0.1) is 0 Å². The van der Waals surface area contributed by atoms with E-state index in [0.717, 1.165) is 106 Å². The minimum absolute atomic E-state index is 0.645. The third-order valence-electron chi connectivity index (χ3n) is 11.1. The van der Waals surface area contributed by atoms with Crippen LogP contribution in [0, 0.1) is 0 Å². The molecule has 280 valence electrons. The van der Waals surface area contributed by atoms with E-state index in [2.05, 4.69) is 158 Å². The number of aromatic nitrogens is 5. The molecule has 0 saturated heterocycles. The molecule has 0 N–H and O–H groups in total. The normalized spacial score (nSPS) is 11.3. The molecule has 7 aromatic carbocycles. The Bertz CT molecular complexity index is 3360. The summed E-state index contributed by atoms with van der Waals surface area (Å²) in [6, 6.07) is 71.4. The van der Waals surface area contributed by atoms with Gasteiger partial charge in [0.25, 0.3) is 0 Å². The molecule has 0 aliphatic heterocycles. The number of benzene rings is 7. The lowest BCUT2D eigenvalue weighted by molar-refractivity contribution is 1.18. The van der Waals surface area contributed by atoms with Crippen LogP contribution < -0.4 is 0 Å². The van der Waals surface area contributed by atoms with Gasteiger partial charge in [0.15, 0.2) is 5.82 Å². The second-order valence-electron chi connectivity index (χ2n) is 14.9. The molecule has 4 aromatic heterocycles. The summed E-state index contributed by atoms with van der Waals surface area (Å²) < 4.78 is 0. The lowest BCUT2D eigenvalue weighted by Crippen LogP contribution is -1.97. The van der Waals surface area contributed by atoms with E-state index < -0.39 is 0 Å². The number of rotatable bonds is 7. The van der Waals surface area contributed by atoms with Gasteiger partial charge in [-0.2, -0.15) is 0 Å². The molecular formula is C55H35N5. The highest BCUT2D eigenvalue weighted by molar-refractivity contribution is 6.10. The molecule has 11 rings (SSSR count). The maximum Gasteiger partial charge on any atom is 0.160 e. The monoisotopic (exact) mass is 765 g/mol. The number of hydrogen-bond acceptors (Lipinski definition) is 5. The lowest BCUT2D eigenvalue weighted by Gasteiger charge is -2.14. The quantitative estimate of drug-likeness (QED) is 0.151. The highest BCUT2D eigenvalue weighted by Crippen LogP contribution is 2.38. The highest BCUT2D eigenvalue weighted by atomic mass is 14.9. The minimum atomic E-state index is 0.645. The number of hydrogen-bond donors (Lipinski definition) is 0. The second-order valence-corrected chi connectivity index (χ2v) is 14.9. The Morgan fingerprint density at radius 3 is 1.52 bits per heavy atom. The summed E-state index contributed by atoms with van der Waals surface area (Å²) in [5.41, 5.74) is 15.5. The third kappa shape index (κ3) is 6.54. The van der Waals surface area contributed by atoms with E-state index in [1.54, 1.807) is 0 Å². The topological polar surface area (TPSA) is 64.5 Å². The van der Waals surface area contributed by atoms with E-state index in [0.29, 0.717) is 5.82 Å². The molecule has 0 unspecified atom stereocenters. The lowest BCUT2D eigenvalue weighted by atomic mass is 9.95. The fourth-order valence-electron chi connectivity index (χ4n) is 8.13. The molecule has 4 heterocycles. The molecule has 0 aliphatic carbocycles. The van der Waals surface area contributed by atoms with Crippen molar-refractivity contribution in [1.29, 1.82) is 0 Å². The molecule has 0 spiro atoms. The van der Waals surface area contributed by atoms with Crippen LogP contribution in [0.25, 0.3) is 111 Å². The maximum atomic E-state index is 5.32. The fourth-order valence-corrected chi connectivity index (χ4v) is 8.13. The molecular weight excluding hydrogens is 731 g/mol. The van der Waals surface area contributed by atoms with Gasteiger partial charge in [-0.25, -0.2) is 19.9 Å². The van der Waals surface area contributed by atoms with E-state index >= 15 is 0 Å². The molecule has 0 fully saturated rings. The summed E-state index contributed by atoms with van der Waals surface area (Å²) in [5.74, 6) is 0.645. The Hall–Kier alpha value is -8.15. The predicted octanol–water partition coefficient (Wildman–Crippen LogP) is 13.8. The largest absolute Gasteiger partial charge is 0.256 e. The van der Waals surface area contributed by atoms with Crippen LogP contribution >= 0.6 is 0 Å². The van der Waals surface area contributed by atoms with Crippen molar-refractivity contribution in [2.75, 3.05) is 0 Å². The first-order valence-electron chi connectivity index (χ1n) is 20.1. The van der Waals surface area contributed by atoms with Gasteiger partial charge in [0.1, 0.15) is 0 Å². The molecule has 0 amide bonds. The Kier molecular flexibility index (Phi) is 8.75. The summed E-state index contributed by atoms with van der Waals surface area (Å²) in [5, 5.41) is 3.17. The Balaban J connectivity index is 1.08. The van der Waals surface area contributed by atoms with Gasteiger partial charge >= 0.3 is 0 Å². The standard InChI is InChI=1S/C55H35N5/c1-4-14-36(15-5-1)48-30-28-40-27-29-46-47(34-49(37-16-6-2-7-17-37)58-54(46)53(40)57-48)42-22-11-24-44(33-42)55-59-50(38-18-8-3-9-19-38)35-51(60-55)43-23-10-21-41(32-43)45-26-12-20-39-25-13-31-56-52(39)45/h1-35H. The van der Waals surface area contributed by atoms with Crippen molar-refractivity contribution in [3.8, 4) is 78.7 Å². The number of fused-ring (bicyclic) bond motifs is 4. The molecule has 5 heteroatoms. The van der Waals surface area contributed by atoms with E-state index in [4.69, 9.17) is 24.9 Å². The van der Waals surface area contributed by atoms with E-state index in [1.165, 1.54) is 0 Å². The van der Waals surface area contributed by atoms with Gasteiger partial charge in [0.05, 0.1) is 39.3 Å². The minimum Gasteiger partial charge on any atom is -0.256 e. The van der Waals surface area contributed by atoms with Crippen molar-refractivity contribution in [2.45, 2.75) is 0 Å². The van der Waals surface area contributed by atoms with Crippen molar-refractivity contribution in [3.63, 3.8) is 0 Å². The maximum absolute atomic E-state index is 5.32. The van der Waals surface area contributed by atoms with Crippen molar-refractivity contribution >= 4 is 32.7 Å². The van der Waals surface area contributed by atoms with Gasteiger partial charge in [0, 0.05) is 55.7 Å². The highest BCUT2D eigenvalue weighted by Gasteiger charge is 2.17. The zero-order chi connectivity index (χ0) is 39.8. The van der Waals surface area contributed by atoms with Gasteiger partial charge < -0.3 is 0 Å². The summed E-state index contributed by atoms with van der Waals surface area (Å²) in [6.45, 7) is 0. The Morgan fingerprint density at radius 1 is 0.267 bits per heavy atom. The van der Waals surface area contributed by atoms with Crippen LogP contribution in [0.3, 0.4) is 0 Å². The van der Waals surface area contributed by atoms with E-state index in [-0.39, 0.29) is 0 Å². The van der Waals surface area contributed by atoms with Crippen LogP contribution in [0.4, 0.5) is 0 Å². The van der Waals surface area contributed by atoms with Gasteiger partial charge in [-0.3, -0.25) is 4.98 Å². The molecule has 0 radical (unpaired) electrons. The van der Waals surface area contributed by atoms with Gasteiger partial charge in [-0.1, -0.05) is 170 Å². The summed E-state index contributed by atoms with van der Waals surface area (Å²) in [7, 11) is 0. The second kappa shape index (κ2) is 15.0. The molecule has 0 atom stereocenters. The van der Waals surface area contributed by atoms with E-state index in [9.17, 15) is 0 Å². The Labute approximate surface area is 347 Å². The van der Waals surface area contributed by atoms with Crippen LogP contribution in [-0.2, 0) is 0 Å². The number of nitrogens with zero attached hydrogens (tertiary/aromatic N) is 5. The third-order valence-corrected chi connectivity index (χ3v) is 11.1. The van der Waals surface area contributed by atoms with Crippen LogP contribution in [0.15, 0.2) is 212 Å². The van der Waals surface area contributed by atoms with Crippen molar-refractivity contribution in [1.82, 2.24) is 24.9 Å². The van der Waals surface area contributed by atoms with Crippen LogP contribution in [-0.4, -0.2) is 24.9 Å². The van der Waals surface area contributed by atoms with Gasteiger partial charge in [-0.05, 0) is 53.1 Å². The van der Waals surface area contributed by atoms with Crippen LogP contribution in [0.2, 0.25) is 0 Å². The Morgan fingerprint density at radius 2 is 0.783 bits per heavy atom. The zero-order valence-electron chi connectivity index (χ0n) is 32.4. The SMILES string of the molecule is c1ccc(-c2cc(-c3cccc(-c4cccc5cccnc45)c3)nc(-c3cccc(-c4cc(-c5ccccc5)nc5c4ccc4ccc(-c6ccccc6)nc45)c3)n2)cc1. The zero-order valence-corrected chi connectivity index (χ0v) is 32.4. The molecule has 5 nitrogen and oxygen atoms in total. The van der Waals surface area contributed by atoms with E-state index in [1.807, 2.05) is 54.7 Å². The average molecular weight is 766 g/mol. The summed E-state index contributed by atoms with van der Waals surface area (Å²) in [4.78, 5) is 25.8. The fraction of sp³-hybridized carbons (Fsp3) is 0. The van der Waals surface area contributed by atoms with Crippen LogP contribution in [0.1, 0.15) is 0 Å². The van der Waals surface area contributed by atoms with Crippen molar-refractivity contribution in [3.05, 3.63) is 212 Å². The number of pyridine rings is 3. The number of para-hydroxylation sites is 1.